The molecule has 0 aliphatic rings. The second-order valence-corrected chi connectivity index (χ2v) is 2.20. The van der Waals surface area contributed by atoms with Crippen molar-refractivity contribution in [2.24, 2.45) is 0 Å². The Morgan fingerprint density at radius 3 is 3.00 bits per heavy atom. The summed E-state index contributed by atoms with van der Waals surface area (Å²) >= 11 is 0. The third-order valence-electron chi connectivity index (χ3n) is 1.29. The van der Waals surface area contributed by atoms with Crippen LogP contribution in [0.3, 0.4) is 0 Å². The van der Waals surface area contributed by atoms with Gasteiger partial charge in [-0.25, -0.2) is 9.37 Å². The molecule has 0 saturated carbocycles. The van der Waals surface area contributed by atoms with Gasteiger partial charge in [-0.1, -0.05) is 0 Å². The highest BCUT2D eigenvalue weighted by molar-refractivity contribution is 5.92. The van der Waals surface area contributed by atoms with Crippen LogP contribution in [0.1, 0.15) is 10.5 Å². The lowest BCUT2D eigenvalue weighted by atomic mass is 10.3. The van der Waals surface area contributed by atoms with Gasteiger partial charge in [0.05, 0.1) is 12.3 Å². The van der Waals surface area contributed by atoms with E-state index in [-0.39, 0.29) is 12.2 Å². The highest BCUT2D eigenvalue weighted by Crippen LogP contribution is 1.97. The lowest BCUT2D eigenvalue weighted by molar-refractivity contribution is 0.0953. The number of carbonyl (C=O) groups is 1. The summed E-state index contributed by atoms with van der Waals surface area (Å²) in [7, 11) is 0. The maximum absolute atomic E-state index is 12.4. The van der Waals surface area contributed by atoms with Crippen LogP contribution < -0.4 is 5.32 Å². The minimum absolute atomic E-state index is 0.0854. The quantitative estimate of drug-likeness (QED) is 0.671. The molecule has 1 heterocycles. The number of nitrogens with one attached hydrogen (secondary N) is 1. The van der Waals surface area contributed by atoms with Gasteiger partial charge in [0.15, 0.2) is 0 Å². The lowest BCUT2D eigenvalue weighted by Crippen LogP contribution is -2.24. The van der Waals surface area contributed by atoms with Gasteiger partial charge >= 0.3 is 0 Å². The number of nitriles is 1. The molecule has 0 aromatic carbocycles. The minimum atomic E-state index is -0.503. The van der Waals surface area contributed by atoms with E-state index in [2.05, 4.69) is 10.3 Å². The van der Waals surface area contributed by atoms with E-state index in [0.29, 0.717) is 0 Å². The van der Waals surface area contributed by atoms with E-state index in [1.54, 1.807) is 6.07 Å². The molecule has 66 valence electrons. The van der Waals surface area contributed by atoms with E-state index in [9.17, 15) is 9.18 Å². The Morgan fingerprint density at radius 1 is 1.69 bits per heavy atom. The molecule has 0 bridgehead atoms. The molecule has 0 fully saturated rings. The summed E-state index contributed by atoms with van der Waals surface area (Å²) in [6.45, 7) is -0.0854. The van der Waals surface area contributed by atoms with Gasteiger partial charge in [-0.2, -0.15) is 5.26 Å². The van der Waals surface area contributed by atoms with Crippen molar-refractivity contribution in [3.8, 4) is 6.07 Å². The van der Waals surface area contributed by atoms with Crippen molar-refractivity contribution in [2.45, 2.75) is 0 Å². The first-order valence-corrected chi connectivity index (χ1v) is 3.50. The van der Waals surface area contributed by atoms with Crippen LogP contribution in [0, 0.1) is 17.1 Å². The van der Waals surface area contributed by atoms with Crippen LogP contribution in [-0.4, -0.2) is 17.4 Å². The molecule has 0 aliphatic carbocycles. The summed E-state index contributed by atoms with van der Waals surface area (Å²) < 4.78 is 12.4. The zero-order valence-corrected chi connectivity index (χ0v) is 6.62. The molecule has 1 aromatic rings. The van der Waals surface area contributed by atoms with Gasteiger partial charge in [-0.05, 0) is 12.1 Å². The van der Waals surface area contributed by atoms with Crippen LogP contribution >= 0.6 is 0 Å². The van der Waals surface area contributed by atoms with Crippen molar-refractivity contribution in [1.82, 2.24) is 10.3 Å². The largest absolute Gasteiger partial charge is 0.338 e. The van der Waals surface area contributed by atoms with Gasteiger partial charge in [-0.3, -0.25) is 4.79 Å². The molecule has 1 amide bonds. The zero-order valence-electron chi connectivity index (χ0n) is 6.62. The van der Waals surface area contributed by atoms with Gasteiger partial charge in [0, 0.05) is 0 Å². The van der Waals surface area contributed by atoms with Crippen molar-refractivity contribution in [3.05, 3.63) is 29.8 Å². The molecule has 0 spiro atoms. The predicted octanol–water partition coefficient (Wildman–Crippen LogP) is 0.474. The topological polar surface area (TPSA) is 65.8 Å². The molecule has 1 rings (SSSR count). The normalized spacial score (nSPS) is 8.92. The van der Waals surface area contributed by atoms with Crippen LogP contribution in [0.5, 0.6) is 0 Å². The molecule has 0 saturated heterocycles. The number of amides is 1. The van der Waals surface area contributed by atoms with E-state index in [1.807, 2.05) is 0 Å². The number of aromatic nitrogens is 1. The molecule has 4 nitrogen and oxygen atoms in total. The number of nitrogens with zero attached hydrogens (tertiary/aromatic N) is 2. The molecular formula is C8H6FN3O. The lowest BCUT2D eigenvalue weighted by Gasteiger charge is -1.98. The standard InChI is InChI=1S/C8H6FN3O/c9-6-1-2-7(12-5-6)8(13)11-4-3-10/h1-2,5H,4H2,(H,11,13). The van der Waals surface area contributed by atoms with Gasteiger partial charge in [0.2, 0.25) is 0 Å². The number of hydrogen-bond donors (Lipinski definition) is 1. The minimum Gasteiger partial charge on any atom is -0.338 e. The van der Waals surface area contributed by atoms with Crippen molar-refractivity contribution >= 4 is 5.91 Å². The van der Waals surface area contributed by atoms with E-state index in [0.717, 1.165) is 12.3 Å². The fourth-order valence-corrected chi connectivity index (χ4v) is 0.720. The van der Waals surface area contributed by atoms with Crippen LogP contribution in [-0.2, 0) is 0 Å². The Balaban J connectivity index is 2.68. The van der Waals surface area contributed by atoms with Crippen molar-refractivity contribution in [1.29, 1.82) is 5.26 Å². The predicted molar refractivity (Wildman–Crippen MR) is 42.1 cm³/mol. The highest BCUT2D eigenvalue weighted by atomic mass is 19.1. The van der Waals surface area contributed by atoms with Gasteiger partial charge in [-0.15, -0.1) is 0 Å². The van der Waals surface area contributed by atoms with Crippen molar-refractivity contribution in [3.63, 3.8) is 0 Å². The number of hydrogen-bond acceptors (Lipinski definition) is 3. The summed E-state index contributed by atoms with van der Waals surface area (Å²) in [4.78, 5) is 14.6. The van der Waals surface area contributed by atoms with Crippen molar-refractivity contribution < 1.29 is 9.18 Å². The zero-order chi connectivity index (χ0) is 9.68. The fourth-order valence-electron chi connectivity index (χ4n) is 0.720. The Hall–Kier alpha value is -1.96. The van der Waals surface area contributed by atoms with Gasteiger partial charge in [0.1, 0.15) is 18.1 Å². The van der Waals surface area contributed by atoms with Crippen LogP contribution in [0.25, 0.3) is 0 Å². The monoisotopic (exact) mass is 179 g/mol. The summed E-state index contributed by atoms with van der Waals surface area (Å²) in [5.74, 6) is -0.988. The smallest absolute Gasteiger partial charge is 0.270 e. The second-order valence-electron chi connectivity index (χ2n) is 2.20. The van der Waals surface area contributed by atoms with Crippen LogP contribution in [0.15, 0.2) is 18.3 Å². The average molecular weight is 179 g/mol. The van der Waals surface area contributed by atoms with Crippen LogP contribution in [0.2, 0.25) is 0 Å². The third kappa shape index (κ3) is 2.52. The van der Waals surface area contributed by atoms with Gasteiger partial charge in [0.25, 0.3) is 5.91 Å². The van der Waals surface area contributed by atoms with Gasteiger partial charge < -0.3 is 5.32 Å². The first-order chi connectivity index (χ1) is 6.24. The van der Waals surface area contributed by atoms with E-state index in [4.69, 9.17) is 5.26 Å². The highest BCUT2D eigenvalue weighted by Gasteiger charge is 2.04. The summed E-state index contributed by atoms with van der Waals surface area (Å²) in [6.07, 6.45) is 0.946. The first-order valence-electron chi connectivity index (χ1n) is 3.50. The van der Waals surface area contributed by atoms with Crippen LogP contribution in [0.4, 0.5) is 4.39 Å². The number of rotatable bonds is 2. The number of carbonyl (C=O) groups excluding carboxylic acids is 1. The summed E-state index contributed by atoms with van der Waals surface area (Å²) in [5, 5.41) is 10.4. The Labute approximate surface area is 74.0 Å². The molecule has 13 heavy (non-hydrogen) atoms. The second kappa shape index (κ2) is 4.16. The number of halogens is 1. The first kappa shape index (κ1) is 9.13. The molecule has 1 N–H and O–H groups in total. The third-order valence-corrected chi connectivity index (χ3v) is 1.29. The average Bonchev–Trinajstić information content (AvgIpc) is 2.15. The molecule has 0 atom stereocenters. The Kier molecular flexibility index (Phi) is 2.92. The summed E-state index contributed by atoms with van der Waals surface area (Å²) in [5.41, 5.74) is 0.0941. The van der Waals surface area contributed by atoms with E-state index < -0.39 is 11.7 Å². The molecular weight excluding hydrogens is 173 g/mol. The number of pyridine rings is 1. The molecule has 0 unspecified atom stereocenters. The molecule has 1 aromatic heterocycles. The maximum atomic E-state index is 12.4. The summed E-state index contributed by atoms with van der Waals surface area (Å²) in [6, 6.07) is 4.13. The SMILES string of the molecule is N#CCNC(=O)c1ccc(F)cn1. The van der Waals surface area contributed by atoms with E-state index in [1.165, 1.54) is 6.07 Å². The molecule has 5 heteroatoms. The Bertz CT molecular complexity index is 341. The molecule has 0 radical (unpaired) electrons. The van der Waals surface area contributed by atoms with Crippen molar-refractivity contribution in [2.75, 3.05) is 6.54 Å². The molecule has 0 aliphatic heterocycles. The maximum Gasteiger partial charge on any atom is 0.270 e. The fraction of sp³-hybridized carbons (Fsp3) is 0.125. The Morgan fingerprint density at radius 2 is 2.46 bits per heavy atom. The van der Waals surface area contributed by atoms with E-state index >= 15 is 0 Å².